The number of hydrogen-bond donors (Lipinski definition) is 1. The van der Waals surface area contributed by atoms with Crippen molar-refractivity contribution in [1.82, 2.24) is 4.98 Å². The number of pyridine rings is 1. The van der Waals surface area contributed by atoms with E-state index >= 15 is 0 Å². The minimum absolute atomic E-state index is 0.230. The van der Waals surface area contributed by atoms with Gasteiger partial charge in [-0.05, 0) is 37.3 Å². The number of anilines is 2. The minimum Gasteiger partial charge on any atom is -0.497 e. The first kappa shape index (κ1) is 17.5. The molecule has 0 bridgehead atoms. The molecule has 2 aromatic carbocycles. The molecule has 0 saturated carbocycles. The number of carbonyl (C=O) groups excluding carboxylic acids is 1. The van der Waals surface area contributed by atoms with Gasteiger partial charge in [0.2, 0.25) is 0 Å². The predicted octanol–water partition coefficient (Wildman–Crippen LogP) is 4.09. The van der Waals surface area contributed by atoms with Gasteiger partial charge in [0.1, 0.15) is 11.5 Å². The number of hydrogen-bond acceptors (Lipinski definition) is 6. The fourth-order valence-corrected chi connectivity index (χ4v) is 2.71. The largest absolute Gasteiger partial charge is 0.497 e. The Hall–Kier alpha value is -3.28. The number of aromatic nitrogens is 1. The van der Waals surface area contributed by atoms with Crippen LogP contribution in [0, 0.1) is 6.92 Å². The third kappa shape index (κ3) is 3.39. The Balaban J connectivity index is 2.17. The van der Waals surface area contributed by atoms with Crippen LogP contribution in [-0.2, 0) is 4.74 Å². The number of methoxy groups -OCH3 is 3. The topological polar surface area (TPSA) is 69.7 Å². The standard InChI is InChI=1S/C20H20N2O4/c1-12-5-7-15-14(9-12)16(11-18(21-15)20(23)26-4)22-17-10-13(24-2)6-8-19(17)25-3/h5-11H,1-4H3,(H,21,22). The third-order valence-electron chi connectivity index (χ3n) is 4.03. The number of nitrogens with zero attached hydrogens (tertiary/aromatic N) is 1. The molecule has 26 heavy (non-hydrogen) atoms. The van der Waals surface area contributed by atoms with Gasteiger partial charge in [-0.3, -0.25) is 0 Å². The number of nitrogens with one attached hydrogen (secondary N) is 1. The molecular formula is C20H20N2O4. The van der Waals surface area contributed by atoms with Crippen molar-refractivity contribution in [2.75, 3.05) is 26.6 Å². The highest BCUT2D eigenvalue weighted by atomic mass is 16.5. The Morgan fingerprint density at radius 1 is 0.962 bits per heavy atom. The van der Waals surface area contributed by atoms with E-state index in [1.165, 1.54) is 7.11 Å². The molecule has 0 saturated heterocycles. The van der Waals surface area contributed by atoms with Crippen LogP contribution < -0.4 is 14.8 Å². The molecule has 0 spiro atoms. The minimum atomic E-state index is -0.492. The number of aryl methyl sites for hydroxylation is 1. The van der Waals surface area contributed by atoms with Gasteiger partial charge in [0.15, 0.2) is 5.69 Å². The molecule has 0 aliphatic heterocycles. The first-order valence-corrected chi connectivity index (χ1v) is 8.04. The molecule has 1 heterocycles. The zero-order valence-corrected chi connectivity index (χ0v) is 15.1. The lowest BCUT2D eigenvalue weighted by Crippen LogP contribution is -2.06. The highest BCUT2D eigenvalue weighted by Crippen LogP contribution is 2.34. The summed E-state index contributed by atoms with van der Waals surface area (Å²) in [6.07, 6.45) is 0. The van der Waals surface area contributed by atoms with Crippen molar-refractivity contribution < 1.29 is 19.0 Å². The molecule has 0 fully saturated rings. The maximum atomic E-state index is 12.0. The van der Waals surface area contributed by atoms with Gasteiger partial charge in [-0.2, -0.15) is 0 Å². The molecule has 0 aliphatic rings. The van der Waals surface area contributed by atoms with Crippen LogP contribution in [0.5, 0.6) is 11.5 Å². The van der Waals surface area contributed by atoms with Crippen LogP contribution in [0.4, 0.5) is 11.4 Å². The quantitative estimate of drug-likeness (QED) is 0.698. The number of rotatable bonds is 5. The molecule has 0 atom stereocenters. The van der Waals surface area contributed by atoms with Crippen molar-refractivity contribution in [1.29, 1.82) is 0 Å². The lowest BCUT2D eigenvalue weighted by atomic mass is 10.1. The van der Waals surface area contributed by atoms with Crippen molar-refractivity contribution in [3.05, 3.63) is 53.7 Å². The first-order chi connectivity index (χ1) is 12.5. The summed E-state index contributed by atoms with van der Waals surface area (Å²) in [7, 11) is 4.54. The highest BCUT2D eigenvalue weighted by Gasteiger charge is 2.14. The maximum Gasteiger partial charge on any atom is 0.356 e. The van der Waals surface area contributed by atoms with Gasteiger partial charge < -0.3 is 19.5 Å². The molecule has 3 aromatic rings. The number of fused-ring (bicyclic) bond motifs is 1. The van der Waals surface area contributed by atoms with Gasteiger partial charge in [-0.15, -0.1) is 0 Å². The summed E-state index contributed by atoms with van der Waals surface area (Å²) in [6, 6.07) is 13.0. The van der Waals surface area contributed by atoms with Crippen LogP contribution in [0.3, 0.4) is 0 Å². The Morgan fingerprint density at radius 2 is 1.77 bits per heavy atom. The van der Waals surface area contributed by atoms with Gasteiger partial charge in [0.25, 0.3) is 0 Å². The maximum absolute atomic E-state index is 12.0. The van der Waals surface area contributed by atoms with Crippen LogP contribution in [0.2, 0.25) is 0 Å². The van der Waals surface area contributed by atoms with E-state index in [2.05, 4.69) is 10.3 Å². The van der Waals surface area contributed by atoms with Crippen molar-refractivity contribution >= 4 is 28.2 Å². The van der Waals surface area contributed by atoms with Crippen LogP contribution in [0.1, 0.15) is 16.1 Å². The summed E-state index contributed by atoms with van der Waals surface area (Å²) in [6.45, 7) is 2.00. The zero-order valence-electron chi connectivity index (χ0n) is 15.1. The van der Waals surface area contributed by atoms with Gasteiger partial charge in [-0.25, -0.2) is 9.78 Å². The first-order valence-electron chi connectivity index (χ1n) is 8.04. The second-order valence-electron chi connectivity index (χ2n) is 5.76. The summed E-state index contributed by atoms with van der Waals surface area (Å²) in [5.41, 5.74) is 3.46. The lowest BCUT2D eigenvalue weighted by Gasteiger charge is -2.15. The van der Waals surface area contributed by atoms with Gasteiger partial charge in [0, 0.05) is 11.5 Å². The van der Waals surface area contributed by atoms with E-state index in [4.69, 9.17) is 14.2 Å². The number of ether oxygens (including phenoxy) is 3. The summed E-state index contributed by atoms with van der Waals surface area (Å²) in [5, 5.41) is 4.23. The number of benzene rings is 2. The van der Waals surface area contributed by atoms with E-state index in [0.717, 1.165) is 22.3 Å². The average Bonchev–Trinajstić information content (AvgIpc) is 2.67. The second kappa shape index (κ2) is 7.31. The number of carbonyl (C=O) groups is 1. The van der Waals surface area contributed by atoms with Gasteiger partial charge in [0.05, 0.1) is 38.2 Å². The normalized spacial score (nSPS) is 10.5. The smallest absolute Gasteiger partial charge is 0.356 e. The molecule has 6 nitrogen and oxygen atoms in total. The summed E-state index contributed by atoms with van der Waals surface area (Å²) < 4.78 is 15.5. The van der Waals surface area contributed by atoms with E-state index in [-0.39, 0.29) is 5.69 Å². The Kier molecular flexibility index (Phi) is 4.93. The molecule has 0 unspecified atom stereocenters. The molecular weight excluding hydrogens is 332 g/mol. The predicted molar refractivity (Wildman–Crippen MR) is 101 cm³/mol. The average molecular weight is 352 g/mol. The molecule has 0 radical (unpaired) electrons. The van der Waals surface area contributed by atoms with Gasteiger partial charge >= 0.3 is 5.97 Å². The second-order valence-corrected chi connectivity index (χ2v) is 5.76. The SMILES string of the molecule is COC(=O)c1cc(Nc2cc(OC)ccc2OC)c2cc(C)ccc2n1. The van der Waals surface area contributed by atoms with Crippen molar-refractivity contribution in [2.24, 2.45) is 0 Å². The molecule has 3 rings (SSSR count). The fourth-order valence-electron chi connectivity index (χ4n) is 2.71. The Bertz CT molecular complexity index is 969. The molecule has 0 amide bonds. The highest BCUT2D eigenvalue weighted by molar-refractivity contribution is 5.99. The van der Waals surface area contributed by atoms with Crippen molar-refractivity contribution in [3.8, 4) is 11.5 Å². The van der Waals surface area contributed by atoms with E-state index in [9.17, 15) is 4.79 Å². The van der Waals surface area contributed by atoms with Crippen LogP contribution >= 0.6 is 0 Å². The molecule has 6 heteroatoms. The summed E-state index contributed by atoms with van der Waals surface area (Å²) >= 11 is 0. The molecule has 1 aromatic heterocycles. The number of esters is 1. The Labute approximate surface area is 151 Å². The Morgan fingerprint density at radius 3 is 2.46 bits per heavy atom. The monoisotopic (exact) mass is 352 g/mol. The molecule has 1 N–H and O–H groups in total. The molecule has 134 valence electrons. The van der Waals surface area contributed by atoms with Crippen molar-refractivity contribution in [3.63, 3.8) is 0 Å². The zero-order chi connectivity index (χ0) is 18.7. The van der Waals surface area contributed by atoms with Gasteiger partial charge in [-0.1, -0.05) is 11.6 Å². The lowest BCUT2D eigenvalue weighted by molar-refractivity contribution is 0.0594. The fraction of sp³-hybridized carbons (Fsp3) is 0.200. The van der Waals surface area contributed by atoms with E-state index < -0.39 is 5.97 Å². The van der Waals surface area contributed by atoms with Crippen LogP contribution in [-0.4, -0.2) is 32.3 Å². The van der Waals surface area contributed by atoms with Crippen molar-refractivity contribution in [2.45, 2.75) is 6.92 Å². The van der Waals surface area contributed by atoms with E-state index in [1.807, 2.05) is 43.3 Å². The summed E-state index contributed by atoms with van der Waals surface area (Å²) in [4.78, 5) is 16.4. The summed E-state index contributed by atoms with van der Waals surface area (Å²) in [5.74, 6) is 0.854. The van der Waals surface area contributed by atoms with Crippen LogP contribution in [0.25, 0.3) is 10.9 Å². The van der Waals surface area contributed by atoms with Crippen LogP contribution in [0.15, 0.2) is 42.5 Å². The van der Waals surface area contributed by atoms with E-state index in [0.29, 0.717) is 17.0 Å². The van der Waals surface area contributed by atoms with E-state index in [1.54, 1.807) is 20.3 Å². The molecule has 0 aliphatic carbocycles. The third-order valence-corrected chi connectivity index (χ3v) is 4.03.